The number of piperidine rings is 1. The van der Waals surface area contributed by atoms with Gasteiger partial charge in [-0.3, -0.25) is 0 Å². The number of carboxylic acids is 1. The van der Waals surface area contributed by atoms with E-state index in [1.54, 1.807) is 12.0 Å². The fraction of sp³-hybridized carbons (Fsp3) is 0.857. The second-order valence-corrected chi connectivity index (χ2v) is 5.55. The van der Waals surface area contributed by atoms with Crippen LogP contribution in [-0.4, -0.2) is 65.8 Å². The average Bonchev–Trinajstić information content (AvgIpc) is 2.39. The third-order valence-corrected chi connectivity index (χ3v) is 3.92. The van der Waals surface area contributed by atoms with Crippen molar-refractivity contribution >= 4 is 12.0 Å². The van der Waals surface area contributed by atoms with Crippen molar-refractivity contribution < 1.29 is 19.4 Å². The molecule has 1 heterocycles. The molecule has 0 saturated carbocycles. The van der Waals surface area contributed by atoms with Crippen molar-refractivity contribution in [2.75, 3.05) is 26.8 Å². The Labute approximate surface area is 120 Å². The maximum atomic E-state index is 12.6. The molecule has 6 nitrogen and oxygen atoms in total. The van der Waals surface area contributed by atoms with Crippen molar-refractivity contribution in [2.24, 2.45) is 5.92 Å². The third-order valence-electron chi connectivity index (χ3n) is 3.92. The first-order chi connectivity index (χ1) is 9.42. The van der Waals surface area contributed by atoms with Gasteiger partial charge >= 0.3 is 12.0 Å². The van der Waals surface area contributed by atoms with Crippen LogP contribution in [0.4, 0.5) is 4.79 Å². The van der Waals surface area contributed by atoms with Gasteiger partial charge in [0.2, 0.25) is 0 Å². The van der Waals surface area contributed by atoms with Gasteiger partial charge in [0.05, 0.1) is 12.6 Å². The molecule has 0 radical (unpaired) electrons. The van der Waals surface area contributed by atoms with Gasteiger partial charge in [-0.25, -0.2) is 9.59 Å². The number of nitrogens with zero attached hydrogens (tertiary/aromatic N) is 2. The maximum absolute atomic E-state index is 12.6. The Kier molecular flexibility index (Phi) is 6.26. The lowest BCUT2D eigenvalue weighted by Gasteiger charge is -2.40. The molecule has 0 spiro atoms. The second-order valence-electron chi connectivity index (χ2n) is 5.55. The Bertz CT molecular complexity index is 348. The van der Waals surface area contributed by atoms with Gasteiger partial charge in [0.15, 0.2) is 0 Å². The second kappa shape index (κ2) is 7.47. The molecule has 3 atom stereocenters. The number of carbonyl (C=O) groups excluding carboxylic acids is 1. The van der Waals surface area contributed by atoms with Gasteiger partial charge < -0.3 is 19.6 Å². The van der Waals surface area contributed by atoms with Crippen LogP contribution in [0.25, 0.3) is 0 Å². The van der Waals surface area contributed by atoms with Gasteiger partial charge in [-0.1, -0.05) is 6.92 Å². The van der Waals surface area contributed by atoms with Crippen LogP contribution in [0.3, 0.4) is 0 Å². The largest absolute Gasteiger partial charge is 0.480 e. The summed E-state index contributed by atoms with van der Waals surface area (Å²) >= 11 is 0. The SMILES string of the molecule is CCN(C(=O)N1CCC(C)CC1C(=O)O)C(C)COC. The number of likely N-dealkylation sites (tertiary alicyclic amines) is 1. The van der Waals surface area contributed by atoms with Crippen molar-refractivity contribution in [1.82, 2.24) is 9.80 Å². The van der Waals surface area contributed by atoms with E-state index in [1.807, 2.05) is 20.8 Å². The number of carboxylic acid groups (broad SMARTS) is 1. The molecule has 116 valence electrons. The molecular formula is C14H26N2O4. The summed E-state index contributed by atoms with van der Waals surface area (Å²) < 4.78 is 5.09. The number of hydrogen-bond donors (Lipinski definition) is 1. The number of amides is 2. The Morgan fingerprint density at radius 1 is 1.50 bits per heavy atom. The van der Waals surface area contributed by atoms with Gasteiger partial charge in [0, 0.05) is 20.2 Å². The topological polar surface area (TPSA) is 70.1 Å². The quantitative estimate of drug-likeness (QED) is 0.834. The summed E-state index contributed by atoms with van der Waals surface area (Å²) in [6.45, 7) is 7.33. The van der Waals surface area contributed by atoms with Crippen LogP contribution in [0.1, 0.15) is 33.6 Å². The molecule has 1 saturated heterocycles. The fourth-order valence-electron chi connectivity index (χ4n) is 2.74. The molecule has 0 aromatic carbocycles. The number of aliphatic carboxylic acids is 1. The van der Waals surface area contributed by atoms with Crippen LogP contribution in [0.5, 0.6) is 0 Å². The van der Waals surface area contributed by atoms with Gasteiger partial charge in [0.25, 0.3) is 0 Å². The zero-order valence-corrected chi connectivity index (χ0v) is 12.8. The highest BCUT2D eigenvalue weighted by Crippen LogP contribution is 2.24. The molecule has 1 rings (SSSR count). The third kappa shape index (κ3) is 3.85. The first-order valence-corrected chi connectivity index (χ1v) is 7.21. The highest BCUT2D eigenvalue weighted by Gasteiger charge is 2.37. The van der Waals surface area contributed by atoms with E-state index in [0.717, 1.165) is 6.42 Å². The van der Waals surface area contributed by atoms with E-state index in [-0.39, 0.29) is 12.1 Å². The van der Waals surface area contributed by atoms with Crippen LogP contribution < -0.4 is 0 Å². The summed E-state index contributed by atoms with van der Waals surface area (Å²) in [6.07, 6.45) is 1.38. The van der Waals surface area contributed by atoms with Crippen LogP contribution in [0.15, 0.2) is 0 Å². The number of carbonyl (C=O) groups is 2. The van der Waals surface area contributed by atoms with Crippen LogP contribution in [0.2, 0.25) is 0 Å². The maximum Gasteiger partial charge on any atom is 0.326 e. The highest BCUT2D eigenvalue weighted by atomic mass is 16.5. The summed E-state index contributed by atoms with van der Waals surface area (Å²) in [5.41, 5.74) is 0. The average molecular weight is 286 g/mol. The minimum Gasteiger partial charge on any atom is -0.480 e. The minimum atomic E-state index is -0.916. The molecule has 2 amide bonds. The van der Waals surface area contributed by atoms with Crippen molar-refractivity contribution in [2.45, 2.75) is 45.7 Å². The minimum absolute atomic E-state index is 0.0636. The first-order valence-electron chi connectivity index (χ1n) is 7.21. The number of likely N-dealkylation sites (N-methyl/N-ethyl adjacent to an activating group) is 1. The lowest BCUT2D eigenvalue weighted by molar-refractivity contribution is -0.144. The molecule has 1 aliphatic rings. The number of methoxy groups -OCH3 is 1. The Hall–Kier alpha value is -1.30. The van der Waals surface area contributed by atoms with E-state index in [2.05, 4.69) is 0 Å². The van der Waals surface area contributed by atoms with Crippen molar-refractivity contribution in [3.05, 3.63) is 0 Å². The number of hydrogen-bond acceptors (Lipinski definition) is 3. The molecule has 0 bridgehead atoms. The predicted molar refractivity (Wildman–Crippen MR) is 75.6 cm³/mol. The smallest absolute Gasteiger partial charge is 0.326 e. The Balaban J connectivity index is 2.83. The molecular weight excluding hydrogens is 260 g/mol. The molecule has 0 aromatic heterocycles. The number of ether oxygens (including phenoxy) is 1. The van der Waals surface area contributed by atoms with Gasteiger partial charge in [-0.15, -0.1) is 0 Å². The lowest BCUT2D eigenvalue weighted by Crippen LogP contribution is -2.56. The summed E-state index contributed by atoms with van der Waals surface area (Å²) in [4.78, 5) is 27.2. The lowest BCUT2D eigenvalue weighted by atomic mass is 9.92. The number of rotatable bonds is 5. The molecule has 0 aromatic rings. The van der Waals surface area contributed by atoms with E-state index in [9.17, 15) is 14.7 Å². The van der Waals surface area contributed by atoms with E-state index < -0.39 is 12.0 Å². The molecule has 20 heavy (non-hydrogen) atoms. The molecule has 3 unspecified atom stereocenters. The number of urea groups is 1. The normalized spacial score (nSPS) is 24.3. The molecule has 1 fully saturated rings. The molecule has 1 N–H and O–H groups in total. The predicted octanol–water partition coefficient (Wildman–Crippen LogP) is 1.65. The molecule has 0 aliphatic carbocycles. The summed E-state index contributed by atoms with van der Waals surface area (Å²) in [6, 6.07) is -0.974. The van der Waals surface area contributed by atoms with Gasteiger partial charge in [0.1, 0.15) is 6.04 Å². The van der Waals surface area contributed by atoms with Crippen LogP contribution in [0, 0.1) is 5.92 Å². The first kappa shape index (κ1) is 16.8. The van der Waals surface area contributed by atoms with Crippen LogP contribution >= 0.6 is 0 Å². The fourth-order valence-corrected chi connectivity index (χ4v) is 2.74. The van der Waals surface area contributed by atoms with Crippen LogP contribution in [-0.2, 0) is 9.53 Å². The molecule has 6 heteroatoms. The zero-order valence-electron chi connectivity index (χ0n) is 12.8. The van der Waals surface area contributed by atoms with Crippen molar-refractivity contribution in [3.8, 4) is 0 Å². The van der Waals surface area contributed by atoms with E-state index in [1.165, 1.54) is 4.90 Å². The standard InChI is InChI=1S/C14H26N2O4/c1-5-15(11(3)9-20-4)14(19)16-7-6-10(2)8-12(16)13(17)18/h10-12H,5-9H2,1-4H3,(H,17,18). The Morgan fingerprint density at radius 2 is 2.15 bits per heavy atom. The van der Waals surface area contributed by atoms with E-state index in [0.29, 0.717) is 32.0 Å². The highest BCUT2D eigenvalue weighted by molar-refractivity contribution is 5.83. The van der Waals surface area contributed by atoms with Gasteiger partial charge in [-0.05, 0) is 32.6 Å². The summed E-state index contributed by atoms with van der Waals surface area (Å²) in [5.74, 6) is -0.577. The zero-order chi connectivity index (χ0) is 15.3. The van der Waals surface area contributed by atoms with Crippen molar-refractivity contribution in [1.29, 1.82) is 0 Å². The van der Waals surface area contributed by atoms with E-state index >= 15 is 0 Å². The van der Waals surface area contributed by atoms with Gasteiger partial charge in [-0.2, -0.15) is 0 Å². The summed E-state index contributed by atoms with van der Waals surface area (Å²) in [5, 5.41) is 9.33. The molecule has 1 aliphatic heterocycles. The van der Waals surface area contributed by atoms with E-state index in [4.69, 9.17) is 4.74 Å². The summed E-state index contributed by atoms with van der Waals surface area (Å²) in [7, 11) is 1.59. The van der Waals surface area contributed by atoms with Crippen molar-refractivity contribution in [3.63, 3.8) is 0 Å². The Morgan fingerprint density at radius 3 is 2.65 bits per heavy atom. The monoisotopic (exact) mass is 286 g/mol.